The van der Waals surface area contributed by atoms with Crippen LogP contribution in [-0.4, -0.2) is 43.1 Å². The van der Waals surface area contributed by atoms with E-state index in [1.165, 1.54) is 25.9 Å². The Bertz CT molecular complexity index is 551. The Kier molecular flexibility index (Phi) is 7.76. The van der Waals surface area contributed by atoms with Gasteiger partial charge in [0.15, 0.2) is 6.10 Å². The summed E-state index contributed by atoms with van der Waals surface area (Å²) >= 11 is 0. The predicted octanol–water partition coefficient (Wildman–Crippen LogP) is 3.70. The molecule has 1 heterocycles. The van der Waals surface area contributed by atoms with Gasteiger partial charge < -0.3 is 15.0 Å². The second-order valence-corrected chi connectivity index (χ2v) is 7.45. The molecule has 0 bridgehead atoms. The first-order chi connectivity index (χ1) is 12.0. The fourth-order valence-electron chi connectivity index (χ4n) is 3.22. The normalized spacial score (nSPS) is 17.3. The third-order valence-electron chi connectivity index (χ3n) is 5.10. The van der Waals surface area contributed by atoms with Crippen LogP contribution < -0.4 is 10.1 Å². The van der Waals surface area contributed by atoms with E-state index in [0.717, 1.165) is 42.3 Å². The minimum absolute atomic E-state index is 0.00401. The summed E-state index contributed by atoms with van der Waals surface area (Å²) in [6.45, 7) is 12.6. The van der Waals surface area contributed by atoms with Gasteiger partial charge in [0.2, 0.25) is 0 Å². The van der Waals surface area contributed by atoms with Crippen molar-refractivity contribution < 1.29 is 9.53 Å². The molecule has 25 heavy (non-hydrogen) atoms. The Balaban J connectivity index is 1.73. The molecule has 1 aromatic rings. The lowest BCUT2D eigenvalue weighted by atomic mass is 9.99. The fourth-order valence-corrected chi connectivity index (χ4v) is 3.22. The Morgan fingerprint density at radius 3 is 2.72 bits per heavy atom. The number of aryl methyl sites for hydroxylation is 2. The summed E-state index contributed by atoms with van der Waals surface area (Å²) < 4.78 is 5.97. The van der Waals surface area contributed by atoms with Crippen molar-refractivity contribution in [2.24, 2.45) is 5.92 Å². The van der Waals surface area contributed by atoms with E-state index in [2.05, 4.69) is 23.2 Å². The zero-order valence-corrected chi connectivity index (χ0v) is 16.3. The summed E-state index contributed by atoms with van der Waals surface area (Å²) in [4.78, 5) is 14.9. The van der Waals surface area contributed by atoms with Crippen LogP contribution in [-0.2, 0) is 4.79 Å². The number of hydrogen-bond donors (Lipinski definition) is 1. The number of rotatable bonds is 8. The van der Waals surface area contributed by atoms with Gasteiger partial charge in [0, 0.05) is 6.54 Å². The Hall–Kier alpha value is -1.55. The molecule has 140 valence electrons. The summed E-state index contributed by atoms with van der Waals surface area (Å²) in [6.07, 6.45) is 3.85. The number of likely N-dealkylation sites (tertiary alicyclic amines) is 1. The van der Waals surface area contributed by atoms with Crippen molar-refractivity contribution in [2.45, 2.75) is 59.5 Å². The first-order valence-electron chi connectivity index (χ1n) is 9.73. The monoisotopic (exact) mass is 346 g/mol. The lowest BCUT2D eigenvalue weighted by Gasteiger charge is -2.30. The fraction of sp³-hybridized carbons (Fsp3) is 0.667. The van der Waals surface area contributed by atoms with Gasteiger partial charge in [-0.2, -0.15) is 0 Å². The topological polar surface area (TPSA) is 41.6 Å². The van der Waals surface area contributed by atoms with Crippen LogP contribution in [0.15, 0.2) is 18.2 Å². The number of ether oxygens (including phenoxy) is 1. The number of carbonyl (C=O) groups excluding carboxylic acids is 1. The van der Waals surface area contributed by atoms with Crippen LogP contribution in [0.25, 0.3) is 0 Å². The van der Waals surface area contributed by atoms with Crippen molar-refractivity contribution in [1.29, 1.82) is 0 Å². The van der Waals surface area contributed by atoms with Crippen LogP contribution in [0.3, 0.4) is 0 Å². The number of nitrogens with one attached hydrogen (secondary N) is 1. The van der Waals surface area contributed by atoms with Gasteiger partial charge in [-0.25, -0.2) is 0 Å². The molecule has 1 aromatic carbocycles. The molecule has 0 radical (unpaired) electrons. The highest BCUT2D eigenvalue weighted by Crippen LogP contribution is 2.21. The highest BCUT2D eigenvalue weighted by atomic mass is 16.5. The van der Waals surface area contributed by atoms with Crippen molar-refractivity contribution in [1.82, 2.24) is 10.2 Å². The molecule has 1 saturated heterocycles. The highest BCUT2D eigenvalue weighted by Gasteiger charge is 2.19. The second-order valence-electron chi connectivity index (χ2n) is 7.45. The molecule has 4 nitrogen and oxygen atoms in total. The number of carbonyl (C=O) groups is 1. The molecule has 0 aliphatic carbocycles. The van der Waals surface area contributed by atoms with E-state index in [4.69, 9.17) is 4.74 Å². The van der Waals surface area contributed by atoms with Crippen LogP contribution in [0.2, 0.25) is 0 Å². The van der Waals surface area contributed by atoms with E-state index in [1.54, 1.807) is 0 Å². The van der Waals surface area contributed by atoms with E-state index in [0.29, 0.717) is 6.42 Å². The summed E-state index contributed by atoms with van der Waals surface area (Å²) in [5, 5.41) is 3.05. The lowest BCUT2D eigenvalue weighted by molar-refractivity contribution is -0.128. The van der Waals surface area contributed by atoms with Gasteiger partial charge in [0.1, 0.15) is 5.75 Å². The van der Waals surface area contributed by atoms with Gasteiger partial charge in [-0.05, 0) is 82.3 Å². The summed E-state index contributed by atoms with van der Waals surface area (Å²) in [5.41, 5.74) is 2.21. The highest BCUT2D eigenvalue weighted by molar-refractivity contribution is 5.81. The average Bonchev–Trinajstić information content (AvgIpc) is 2.60. The van der Waals surface area contributed by atoms with Crippen LogP contribution >= 0.6 is 0 Å². The van der Waals surface area contributed by atoms with Crippen molar-refractivity contribution in [3.63, 3.8) is 0 Å². The minimum Gasteiger partial charge on any atom is -0.480 e. The molecule has 0 aromatic heterocycles. The average molecular weight is 347 g/mol. The minimum atomic E-state index is -0.420. The standard InChI is InChI=1S/C21H34N2O2/c1-5-19(25-20-15-17(3)7-8-18(20)4)21(24)22-11-6-12-23-13-9-16(2)10-14-23/h7-8,15-16,19H,5-6,9-14H2,1-4H3,(H,22,24)/t19-/m1/s1. The molecule has 4 heteroatoms. The van der Waals surface area contributed by atoms with E-state index in [9.17, 15) is 4.79 Å². The largest absolute Gasteiger partial charge is 0.480 e. The lowest BCUT2D eigenvalue weighted by Crippen LogP contribution is -2.40. The molecule has 0 spiro atoms. The molecule has 0 saturated carbocycles. The summed E-state index contributed by atoms with van der Waals surface area (Å²) in [5.74, 6) is 1.67. The first-order valence-corrected chi connectivity index (χ1v) is 9.73. The Morgan fingerprint density at radius 1 is 1.32 bits per heavy atom. The molecule has 0 unspecified atom stereocenters. The van der Waals surface area contributed by atoms with Gasteiger partial charge in [-0.3, -0.25) is 4.79 Å². The SMILES string of the molecule is CC[C@@H](Oc1cc(C)ccc1C)C(=O)NCCCN1CCC(C)CC1. The first kappa shape index (κ1) is 19.8. The zero-order valence-electron chi connectivity index (χ0n) is 16.3. The quantitative estimate of drug-likeness (QED) is 0.730. The zero-order chi connectivity index (χ0) is 18.2. The van der Waals surface area contributed by atoms with Crippen molar-refractivity contribution in [2.75, 3.05) is 26.2 Å². The molecule has 1 aliphatic rings. The predicted molar refractivity (Wildman–Crippen MR) is 103 cm³/mol. The molecular weight excluding hydrogens is 312 g/mol. The number of nitrogens with zero attached hydrogens (tertiary/aromatic N) is 1. The molecule has 1 atom stereocenters. The maximum Gasteiger partial charge on any atom is 0.261 e. The summed E-state index contributed by atoms with van der Waals surface area (Å²) in [6, 6.07) is 6.10. The van der Waals surface area contributed by atoms with Gasteiger partial charge in [0.05, 0.1) is 0 Å². The third kappa shape index (κ3) is 6.35. The second kappa shape index (κ2) is 9.81. The van der Waals surface area contributed by atoms with Gasteiger partial charge in [-0.1, -0.05) is 26.0 Å². The van der Waals surface area contributed by atoms with E-state index in [1.807, 2.05) is 32.9 Å². The van der Waals surface area contributed by atoms with Crippen LogP contribution in [0, 0.1) is 19.8 Å². The van der Waals surface area contributed by atoms with Crippen LogP contribution in [0.5, 0.6) is 5.75 Å². The molecule has 2 rings (SSSR count). The molecule has 1 amide bonds. The Labute approximate surface area is 152 Å². The number of benzene rings is 1. The molecule has 1 aliphatic heterocycles. The summed E-state index contributed by atoms with van der Waals surface area (Å²) in [7, 11) is 0. The van der Waals surface area contributed by atoms with Crippen molar-refractivity contribution >= 4 is 5.91 Å². The number of piperidine rings is 1. The number of amides is 1. The molecule has 1 fully saturated rings. The van der Waals surface area contributed by atoms with Crippen molar-refractivity contribution in [3.05, 3.63) is 29.3 Å². The Morgan fingerprint density at radius 2 is 2.04 bits per heavy atom. The van der Waals surface area contributed by atoms with Crippen LogP contribution in [0.4, 0.5) is 0 Å². The van der Waals surface area contributed by atoms with Crippen molar-refractivity contribution in [3.8, 4) is 5.75 Å². The smallest absolute Gasteiger partial charge is 0.261 e. The molecular formula is C21H34N2O2. The van der Waals surface area contributed by atoms with Gasteiger partial charge >= 0.3 is 0 Å². The van der Waals surface area contributed by atoms with Gasteiger partial charge in [-0.15, -0.1) is 0 Å². The number of hydrogen-bond acceptors (Lipinski definition) is 3. The van der Waals surface area contributed by atoms with E-state index >= 15 is 0 Å². The molecule has 1 N–H and O–H groups in total. The van der Waals surface area contributed by atoms with Crippen LogP contribution in [0.1, 0.15) is 50.7 Å². The van der Waals surface area contributed by atoms with E-state index < -0.39 is 6.10 Å². The third-order valence-corrected chi connectivity index (χ3v) is 5.10. The maximum atomic E-state index is 12.4. The van der Waals surface area contributed by atoms with Gasteiger partial charge in [0.25, 0.3) is 5.91 Å². The maximum absolute atomic E-state index is 12.4. The van der Waals surface area contributed by atoms with E-state index in [-0.39, 0.29) is 5.91 Å².